The van der Waals surface area contributed by atoms with Crippen LogP contribution in [-0.2, 0) is 16.1 Å². The molecule has 1 saturated heterocycles. The number of imide groups is 1. The standard InChI is InChI=1S/C24H21N5O2/c30-23-17-5-1-2-6-18(17)24(31)28(23)13-15-9-11-16(12-10-15)21-26-22-19-7-3-4-8-20(19)25-14-29(22)27-21/h3-4,7-12,14,17-18H,1-2,5-6,13H2. The van der Waals surface area contributed by atoms with E-state index in [0.29, 0.717) is 12.4 Å². The molecule has 7 nitrogen and oxygen atoms in total. The van der Waals surface area contributed by atoms with E-state index in [2.05, 4.69) is 10.1 Å². The van der Waals surface area contributed by atoms with Crippen LogP contribution in [-0.4, -0.2) is 36.3 Å². The zero-order valence-corrected chi connectivity index (χ0v) is 16.9. The molecule has 2 unspecified atom stereocenters. The SMILES string of the molecule is O=C1C2CCCCC2C(=O)N1Cc1ccc(-c2nc3c4ccccc4ncn3n2)cc1. The van der Waals surface area contributed by atoms with E-state index in [1.807, 2.05) is 48.5 Å². The predicted molar refractivity (Wildman–Crippen MR) is 115 cm³/mol. The molecule has 2 aromatic carbocycles. The lowest BCUT2D eigenvalue weighted by Gasteiger charge is -2.19. The molecular weight excluding hydrogens is 390 g/mol. The summed E-state index contributed by atoms with van der Waals surface area (Å²) in [6.07, 6.45) is 5.44. The molecule has 1 aliphatic heterocycles. The van der Waals surface area contributed by atoms with Gasteiger partial charge in [0, 0.05) is 10.9 Å². The third kappa shape index (κ3) is 2.91. The van der Waals surface area contributed by atoms with Gasteiger partial charge in [0.1, 0.15) is 6.33 Å². The number of para-hydroxylation sites is 1. The predicted octanol–water partition coefficient (Wildman–Crippen LogP) is 3.62. The lowest BCUT2D eigenvalue weighted by Crippen LogP contribution is -2.30. The normalized spacial score (nSPS) is 21.2. The van der Waals surface area contributed by atoms with Gasteiger partial charge >= 0.3 is 0 Å². The average molecular weight is 411 g/mol. The molecule has 1 aliphatic carbocycles. The Hall–Kier alpha value is -3.61. The Bertz CT molecular complexity index is 1300. The Balaban J connectivity index is 1.27. The van der Waals surface area contributed by atoms with Crippen molar-refractivity contribution in [1.82, 2.24) is 24.5 Å². The Morgan fingerprint density at radius 1 is 0.903 bits per heavy atom. The van der Waals surface area contributed by atoms with Crippen LogP contribution in [0.3, 0.4) is 0 Å². The van der Waals surface area contributed by atoms with E-state index < -0.39 is 0 Å². The van der Waals surface area contributed by atoms with Crippen molar-refractivity contribution in [2.24, 2.45) is 11.8 Å². The average Bonchev–Trinajstić information content (AvgIpc) is 3.36. The molecule has 7 heteroatoms. The van der Waals surface area contributed by atoms with Crippen molar-refractivity contribution in [3.8, 4) is 11.4 Å². The summed E-state index contributed by atoms with van der Waals surface area (Å²) in [6.45, 7) is 0.331. The summed E-state index contributed by atoms with van der Waals surface area (Å²) in [6, 6.07) is 15.6. The molecule has 2 aliphatic rings. The van der Waals surface area contributed by atoms with Crippen LogP contribution < -0.4 is 0 Å². The molecular formula is C24H21N5O2. The van der Waals surface area contributed by atoms with E-state index in [1.54, 1.807) is 10.8 Å². The molecule has 0 N–H and O–H groups in total. The Morgan fingerprint density at radius 3 is 2.35 bits per heavy atom. The number of hydrogen-bond acceptors (Lipinski definition) is 5. The molecule has 0 bridgehead atoms. The van der Waals surface area contributed by atoms with Gasteiger partial charge in [0.05, 0.1) is 23.9 Å². The smallest absolute Gasteiger partial charge is 0.233 e. The maximum Gasteiger partial charge on any atom is 0.233 e. The van der Waals surface area contributed by atoms with Gasteiger partial charge in [-0.25, -0.2) is 14.5 Å². The van der Waals surface area contributed by atoms with Crippen LogP contribution >= 0.6 is 0 Å². The second-order valence-corrected chi connectivity index (χ2v) is 8.42. The molecule has 1 saturated carbocycles. The number of nitrogens with zero attached hydrogens (tertiary/aromatic N) is 5. The maximum atomic E-state index is 12.7. The molecule has 0 radical (unpaired) electrons. The summed E-state index contributed by atoms with van der Waals surface area (Å²) in [4.78, 5) is 36.0. The Labute approximate surface area is 178 Å². The first-order chi connectivity index (χ1) is 15.2. The molecule has 154 valence electrons. The van der Waals surface area contributed by atoms with Crippen molar-refractivity contribution >= 4 is 28.4 Å². The highest BCUT2D eigenvalue weighted by molar-refractivity contribution is 6.05. The highest BCUT2D eigenvalue weighted by atomic mass is 16.2. The fourth-order valence-corrected chi connectivity index (χ4v) is 4.93. The number of likely N-dealkylation sites (tertiary alicyclic amines) is 1. The van der Waals surface area contributed by atoms with E-state index in [4.69, 9.17) is 4.98 Å². The van der Waals surface area contributed by atoms with Gasteiger partial charge in [-0.2, -0.15) is 0 Å². The second kappa shape index (κ2) is 6.97. The van der Waals surface area contributed by atoms with Gasteiger partial charge in [-0.1, -0.05) is 49.2 Å². The van der Waals surface area contributed by atoms with Crippen LogP contribution in [0.15, 0.2) is 54.9 Å². The third-order valence-corrected chi connectivity index (χ3v) is 6.57. The van der Waals surface area contributed by atoms with Crippen molar-refractivity contribution in [2.45, 2.75) is 32.2 Å². The number of rotatable bonds is 3. The lowest BCUT2D eigenvalue weighted by atomic mass is 9.81. The molecule has 2 fully saturated rings. The monoisotopic (exact) mass is 411 g/mol. The Kier molecular flexibility index (Phi) is 4.09. The van der Waals surface area contributed by atoms with Crippen LogP contribution in [0, 0.1) is 11.8 Å². The first kappa shape index (κ1) is 18.2. The highest BCUT2D eigenvalue weighted by Gasteiger charge is 2.47. The molecule has 2 amide bonds. The summed E-state index contributed by atoms with van der Waals surface area (Å²) in [7, 11) is 0. The van der Waals surface area contributed by atoms with Gasteiger partial charge in [-0.15, -0.1) is 5.10 Å². The largest absolute Gasteiger partial charge is 0.278 e. The van der Waals surface area contributed by atoms with Crippen molar-refractivity contribution < 1.29 is 9.59 Å². The summed E-state index contributed by atoms with van der Waals surface area (Å²) >= 11 is 0. The van der Waals surface area contributed by atoms with Gasteiger partial charge in [0.15, 0.2) is 11.5 Å². The summed E-state index contributed by atoms with van der Waals surface area (Å²) in [5.74, 6) is 0.404. The molecule has 2 aromatic heterocycles. The van der Waals surface area contributed by atoms with Gasteiger partial charge in [0.25, 0.3) is 0 Å². The van der Waals surface area contributed by atoms with Crippen LogP contribution in [0.2, 0.25) is 0 Å². The first-order valence-corrected chi connectivity index (χ1v) is 10.7. The van der Waals surface area contributed by atoms with E-state index in [9.17, 15) is 9.59 Å². The first-order valence-electron chi connectivity index (χ1n) is 10.7. The number of aromatic nitrogens is 4. The van der Waals surface area contributed by atoms with Gasteiger partial charge in [-0.05, 0) is 30.5 Å². The zero-order chi connectivity index (χ0) is 20.9. The van der Waals surface area contributed by atoms with E-state index in [1.165, 1.54) is 4.90 Å². The van der Waals surface area contributed by atoms with Gasteiger partial charge in [-0.3, -0.25) is 14.5 Å². The van der Waals surface area contributed by atoms with Crippen LogP contribution in [0.25, 0.3) is 27.9 Å². The lowest BCUT2D eigenvalue weighted by molar-refractivity contribution is -0.140. The maximum absolute atomic E-state index is 12.7. The topological polar surface area (TPSA) is 80.5 Å². The second-order valence-electron chi connectivity index (χ2n) is 8.42. The number of hydrogen-bond donors (Lipinski definition) is 0. The fraction of sp³-hybridized carbons (Fsp3) is 0.292. The van der Waals surface area contributed by atoms with Crippen LogP contribution in [0.4, 0.5) is 0 Å². The minimum Gasteiger partial charge on any atom is -0.278 e. The van der Waals surface area contributed by atoms with E-state index >= 15 is 0 Å². The molecule has 3 heterocycles. The van der Waals surface area contributed by atoms with Crippen molar-refractivity contribution in [1.29, 1.82) is 0 Å². The number of carbonyl (C=O) groups excluding carboxylic acids is 2. The summed E-state index contributed by atoms with van der Waals surface area (Å²) in [5, 5.41) is 5.52. The van der Waals surface area contributed by atoms with Crippen LogP contribution in [0.1, 0.15) is 31.2 Å². The van der Waals surface area contributed by atoms with E-state index in [0.717, 1.165) is 53.4 Å². The molecule has 4 aromatic rings. The third-order valence-electron chi connectivity index (χ3n) is 6.57. The number of fused-ring (bicyclic) bond motifs is 4. The number of carbonyl (C=O) groups is 2. The molecule has 31 heavy (non-hydrogen) atoms. The molecule has 2 atom stereocenters. The molecule has 6 rings (SSSR count). The number of benzene rings is 2. The number of amides is 2. The fourth-order valence-electron chi connectivity index (χ4n) is 4.93. The van der Waals surface area contributed by atoms with Crippen LogP contribution in [0.5, 0.6) is 0 Å². The Morgan fingerprint density at radius 2 is 1.61 bits per heavy atom. The van der Waals surface area contributed by atoms with Gasteiger partial charge in [0.2, 0.25) is 11.8 Å². The van der Waals surface area contributed by atoms with Crippen molar-refractivity contribution in [3.63, 3.8) is 0 Å². The quantitative estimate of drug-likeness (QED) is 0.481. The summed E-state index contributed by atoms with van der Waals surface area (Å²) < 4.78 is 1.69. The minimum absolute atomic E-state index is 0.000159. The van der Waals surface area contributed by atoms with E-state index in [-0.39, 0.29) is 23.7 Å². The summed E-state index contributed by atoms with van der Waals surface area (Å²) in [5.41, 5.74) is 3.45. The zero-order valence-electron chi connectivity index (χ0n) is 16.9. The van der Waals surface area contributed by atoms with Crippen molar-refractivity contribution in [2.75, 3.05) is 0 Å². The van der Waals surface area contributed by atoms with Gasteiger partial charge < -0.3 is 0 Å². The highest BCUT2D eigenvalue weighted by Crippen LogP contribution is 2.38. The van der Waals surface area contributed by atoms with Crippen molar-refractivity contribution in [3.05, 3.63) is 60.4 Å². The molecule has 0 spiro atoms. The minimum atomic E-state index is -0.105.